The number of aliphatic hydroxyl groups excluding tert-OH is 1. The van der Waals surface area contributed by atoms with Crippen LogP contribution < -0.4 is 5.32 Å². The molecule has 6 nitrogen and oxygen atoms in total. The van der Waals surface area contributed by atoms with E-state index in [2.05, 4.69) is 22.7 Å². The molecule has 3 heterocycles. The Balaban J connectivity index is 1.40. The van der Waals surface area contributed by atoms with E-state index in [0.29, 0.717) is 16.6 Å². The second kappa shape index (κ2) is 7.03. The highest BCUT2D eigenvalue weighted by Gasteiger charge is 2.46. The molecular weight excluding hydrogens is 386 g/mol. The fraction of sp³-hybridized carbons (Fsp3) is 0.364. The number of nitrogens with zero attached hydrogens (tertiary/aromatic N) is 4. The Morgan fingerprint density at radius 2 is 2.17 bits per heavy atom. The van der Waals surface area contributed by atoms with Gasteiger partial charge in [0.25, 0.3) is 0 Å². The van der Waals surface area contributed by atoms with Crippen molar-refractivity contribution in [1.82, 2.24) is 20.0 Å². The Bertz CT molecular complexity index is 1120. The molecule has 5 rings (SSSR count). The van der Waals surface area contributed by atoms with E-state index in [9.17, 15) is 10.4 Å². The normalized spacial score (nSPS) is 24.2. The van der Waals surface area contributed by atoms with Crippen LogP contribution in [0.5, 0.6) is 0 Å². The Kier molecular flexibility index (Phi) is 4.47. The number of aromatic nitrogens is 2. The first kappa shape index (κ1) is 18.4. The third kappa shape index (κ3) is 2.98. The number of fused-ring (bicyclic) bond motifs is 3. The van der Waals surface area contributed by atoms with Gasteiger partial charge in [0.15, 0.2) is 6.19 Å². The molecule has 2 N–H and O–H groups in total. The predicted molar refractivity (Wildman–Crippen MR) is 112 cm³/mol. The molecule has 4 atom stereocenters. The van der Waals surface area contributed by atoms with E-state index in [1.807, 2.05) is 53.2 Å². The van der Waals surface area contributed by atoms with Crippen molar-refractivity contribution in [2.24, 2.45) is 7.05 Å². The molecule has 1 unspecified atom stereocenters. The molecule has 2 bridgehead atoms. The van der Waals surface area contributed by atoms with Crippen LogP contribution in [0.25, 0.3) is 22.0 Å². The number of rotatable bonds is 4. The molecule has 0 amide bonds. The topological polar surface area (TPSA) is 77.1 Å². The van der Waals surface area contributed by atoms with Crippen molar-refractivity contribution in [2.75, 3.05) is 0 Å². The summed E-state index contributed by atoms with van der Waals surface area (Å²) in [5, 5.41) is 29.3. The number of nitriles is 1. The second-order valence-electron chi connectivity index (χ2n) is 7.97. The highest BCUT2D eigenvalue weighted by molar-refractivity contribution is 6.31. The highest BCUT2D eigenvalue weighted by Crippen LogP contribution is 2.38. The third-order valence-corrected chi connectivity index (χ3v) is 6.72. The molecule has 148 valence electrons. The van der Waals surface area contributed by atoms with Gasteiger partial charge < -0.3 is 10.0 Å². The molecule has 1 aromatic heterocycles. The Hall–Kier alpha value is -2.59. The molecule has 2 aliphatic rings. The van der Waals surface area contributed by atoms with Crippen LogP contribution in [0.3, 0.4) is 0 Å². The van der Waals surface area contributed by atoms with Gasteiger partial charge in [0.05, 0.1) is 17.8 Å². The molecule has 3 aromatic rings. The van der Waals surface area contributed by atoms with Crippen LogP contribution in [-0.4, -0.2) is 37.9 Å². The zero-order valence-corrected chi connectivity index (χ0v) is 16.8. The summed E-state index contributed by atoms with van der Waals surface area (Å²) in [6.45, 7) is 0. The van der Waals surface area contributed by atoms with Gasteiger partial charge in [-0.2, -0.15) is 10.4 Å². The Labute approximate surface area is 174 Å². The lowest BCUT2D eigenvalue weighted by molar-refractivity contribution is 0.115. The molecule has 2 aliphatic heterocycles. The van der Waals surface area contributed by atoms with Crippen molar-refractivity contribution in [2.45, 2.75) is 43.6 Å². The number of aliphatic hydroxyl groups is 1. The number of benzene rings is 2. The summed E-state index contributed by atoms with van der Waals surface area (Å²) in [5.74, 6) is 0. The van der Waals surface area contributed by atoms with Crippen LogP contribution in [0.2, 0.25) is 5.02 Å². The lowest BCUT2D eigenvalue weighted by atomic mass is 9.95. The molecule has 0 spiro atoms. The fourth-order valence-corrected chi connectivity index (χ4v) is 5.28. The van der Waals surface area contributed by atoms with E-state index >= 15 is 0 Å². The Morgan fingerprint density at radius 3 is 2.93 bits per heavy atom. The maximum Gasteiger partial charge on any atom is 0.179 e. The van der Waals surface area contributed by atoms with E-state index < -0.39 is 6.23 Å². The molecule has 7 heteroatoms. The molecule has 2 fully saturated rings. The number of nitrogens with one attached hydrogen (secondary N) is 1. The van der Waals surface area contributed by atoms with Gasteiger partial charge >= 0.3 is 0 Å². The van der Waals surface area contributed by atoms with Gasteiger partial charge in [0, 0.05) is 40.7 Å². The summed E-state index contributed by atoms with van der Waals surface area (Å²) in [7, 11) is 1.93. The minimum Gasteiger partial charge on any atom is -0.374 e. The maximum absolute atomic E-state index is 10.8. The van der Waals surface area contributed by atoms with E-state index in [1.165, 1.54) is 0 Å². The minimum atomic E-state index is -0.867. The number of aryl methyl sites for hydroxylation is 1. The van der Waals surface area contributed by atoms with E-state index in [0.717, 1.165) is 41.3 Å². The van der Waals surface area contributed by atoms with Crippen LogP contribution in [0, 0.1) is 11.5 Å². The van der Waals surface area contributed by atoms with Crippen LogP contribution in [0.4, 0.5) is 0 Å². The summed E-state index contributed by atoms with van der Waals surface area (Å²) >= 11 is 6.57. The van der Waals surface area contributed by atoms with Gasteiger partial charge in [-0.3, -0.25) is 10.00 Å². The van der Waals surface area contributed by atoms with Gasteiger partial charge in [-0.05, 0) is 30.9 Å². The molecule has 0 saturated carbocycles. The first-order valence-corrected chi connectivity index (χ1v) is 10.3. The van der Waals surface area contributed by atoms with Crippen LogP contribution >= 0.6 is 11.6 Å². The van der Waals surface area contributed by atoms with Gasteiger partial charge in [-0.15, -0.1) is 0 Å². The highest BCUT2D eigenvalue weighted by atomic mass is 35.5. The SMILES string of the molecule is Cn1ncc2cccc(-c3ccc(C(O)N[C@@H]4C[C@@H]5CC[C@H]4N5C#N)c(Cl)c3)c21. The van der Waals surface area contributed by atoms with Crippen molar-refractivity contribution in [3.63, 3.8) is 0 Å². The monoisotopic (exact) mass is 407 g/mol. The van der Waals surface area contributed by atoms with E-state index in [1.54, 1.807) is 0 Å². The quantitative estimate of drug-likeness (QED) is 0.510. The van der Waals surface area contributed by atoms with Crippen molar-refractivity contribution < 1.29 is 5.11 Å². The van der Waals surface area contributed by atoms with Crippen molar-refractivity contribution in [3.8, 4) is 17.3 Å². The summed E-state index contributed by atoms with van der Waals surface area (Å²) in [6.07, 6.45) is 6.21. The maximum atomic E-state index is 10.8. The van der Waals surface area contributed by atoms with Crippen LogP contribution in [-0.2, 0) is 7.05 Å². The lowest BCUT2D eigenvalue weighted by Gasteiger charge is -2.26. The molecule has 0 radical (unpaired) electrons. The first-order chi connectivity index (χ1) is 14.1. The minimum absolute atomic E-state index is 0.0994. The average molecular weight is 408 g/mol. The van der Waals surface area contributed by atoms with Crippen molar-refractivity contribution in [3.05, 3.63) is 53.2 Å². The zero-order chi connectivity index (χ0) is 20.1. The molecule has 0 aliphatic carbocycles. The number of para-hydroxylation sites is 1. The fourth-order valence-electron chi connectivity index (χ4n) is 5.00. The number of hydrogen-bond donors (Lipinski definition) is 2. The molecule has 2 saturated heterocycles. The van der Waals surface area contributed by atoms with Gasteiger partial charge in [-0.25, -0.2) is 0 Å². The number of halogens is 1. The van der Waals surface area contributed by atoms with Crippen molar-refractivity contribution >= 4 is 22.5 Å². The summed E-state index contributed by atoms with van der Waals surface area (Å²) in [6, 6.07) is 12.4. The van der Waals surface area contributed by atoms with Gasteiger partial charge in [0.2, 0.25) is 0 Å². The summed E-state index contributed by atoms with van der Waals surface area (Å²) in [4.78, 5) is 1.88. The van der Waals surface area contributed by atoms with Crippen molar-refractivity contribution in [1.29, 1.82) is 5.26 Å². The zero-order valence-electron chi connectivity index (χ0n) is 16.1. The van der Waals surface area contributed by atoms with E-state index in [-0.39, 0.29) is 12.1 Å². The molecule has 29 heavy (non-hydrogen) atoms. The van der Waals surface area contributed by atoms with E-state index in [4.69, 9.17) is 11.6 Å². The van der Waals surface area contributed by atoms with Gasteiger partial charge in [-0.1, -0.05) is 41.9 Å². The average Bonchev–Trinajstić information content (AvgIpc) is 3.40. The molecular formula is C22H22ClN5O. The lowest BCUT2D eigenvalue weighted by Crippen LogP contribution is -2.41. The first-order valence-electron chi connectivity index (χ1n) is 9.89. The largest absolute Gasteiger partial charge is 0.374 e. The predicted octanol–water partition coefficient (Wildman–Crippen LogP) is 3.56. The van der Waals surface area contributed by atoms with Crippen LogP contribution in [0.1, 0.15) is 31.1 Å². The Morgan fingerprint density at radius 1 is 1.31 bits per heavy atom. The third-order valence-electron chi connectivity index (χ3n) is 6.39. The standard InChI is InChI=1S/C22H22ClN5O/c1-27-21-14(11-25-27)3-2-4-16(21)13-5-7-17(18(23)9-13)22(29)26-19-10-15-6-8-20(19)28(15)12-24/h2-5,7,9,11,15,19-20,22,26,29H,6,8,10H2,1H3/t15-,19+,20+,22?/m0/s1. The number of hydrogen-bond acceptors (Lipinski definition) is 5. The van der Waals surface area contributed by atoms with Crippen LogP contribution in [0.15, 0.2) is 42.6 Å². The van der Waals surface area contributed by atoms with Gasteiger partial charge in [0.1, 0.15) is 6.23 Å². The second-order valence-corrected chi connectivity index (χ2v) is 8.37. The summed E-state index contributed by atoms with van der Waals surface area (Å²) in [5.41, 5.74) is 3.74. The smallest absolute Gasteiger partial charge is 0.179 e. The summed E-state index contributed by atoms with van der Waals surface area (Å²) < 4.78 is 1.86. The molecule has 2 aromatic carbocycles.